The van der Waals surface area contributed by atoms with Crippen LogP contribution in [0.15, 0.2) is 12.1 Å². The summed E-state index contributed by atoms with van der Waals surface area (Å²) in [6.07, 6.45) is 0. The van der Waals surface area contributed by atoms with Gasteiger partial charge in [-0.2, -0.15) is 5.26 Å². The highest BCUT2D eigenvalue weighted by atomic mass is 35.5. The molecule has 0 fully saturated rings. The van der Waals surface area contributed by atoms with E-state index < -0.39 is 5.82 Å². The number of nitriles is 1. The van der Waals surface area contributed by atoms with Crippen molar-refractivity contribution < 1.29 is 4.39 Å². The first-order chi connectivity index (χ1) is 5.69. The summed E-state index contributed by atoms with van der Waals surface area (Å²) < 4.78 is 12.8. The Morgan fingerprint density at radius 3 is 2.75 bits per heavy atom. The summed E-state index contributed by atoms with van der Waals surface area (Å²) in [6, 6.07) is 4.29. The topological polar surface area (TPSA) is 49.8 Å². The predicted octanol–water partition coefficient (Wildman–Crippen LogP) is 1.81. The van der Waals surface area contributed by atoms with Crippen molar-refractivity contribution in [2.75, 3.05) is 0 Å². The lowest BCUT2D eigenvalue weighted by Gasteiger charge is -2.01. The van der Waals surface area contributed by atoms with Gasteiger partial charge >= 0.3 is 0 Å². The van der Waals surface area contributed by atoms with E-state index in [9.17, 15) is 4.39 Å². The zero-order valence-corrected chi connectivity index (χ0v) is 6.90. The van der Waals surface area contributed by atoms with Crippen LogP contribution in [0.3, 0.4) is 0 Å². The minimum atomic E-state index is -0.592. The monoisotopic (exact) mass is 184 g/mol. The Morgan fingerprint density at radius 1 is 1.58 bits per heavy atom. The quantitative estimate of drug-likeness (QED) is 0.724. The van der Waals surface area contributed by atoms with Crippen LogP contribution < -0.4 is 5.73 Å². The van der Waals surface area contributed by atoms with Gasteiger partial charge < -0.3 is 5.73 Å². The Morgan fingerprint density at radius 2 is 2.25 bits per heavy atom. The lowest BCUT2D eigenvalue weighted by molar-refractivity contribution is 0.627. The third-order valence-electron chi connectivity index (χ3n) is 1.49. The normalized spacial score (nSPS) is 9.50. The summed E-state index contributed by atoms with van der Waals surface area (Å²) in [6.45, 7) is 0.183. The standard InChI is InChI=1S/C8H6ClFN2/c9-7-1-5(3-11)6(4-12)2-8(7)10/h1-2H,3,11H2. The van der Waals surface area contributed by atoms with Crippen LogP contribution in [-0.4, -0.2) is 0 Å². The van der Waals surface area contributed by atoms with Gasteiger partial charge in [0.2, 0.25) is 0 Å². The molecule has 1 aromatic carbocycles. The number of hydrogen-bond acceptors (Lipinski definition) is 2. The number of hydrogen-bond donors (Lipinski definition) is 1. The SMILES string of the molecule is N#Cc1cc(F)c(Cl)cc1CN. The van der Waals surface area contributed by atoms with Gasteiger partial charge in [0.1, 0.15) is 5.82 Å². The van der Waals surface area contributed by atoms with E-state index in [1.54, 1.807) is 0 Å². The van der Waals surface area contributed by atoms with E-state index in [4.69, 9.17) is 22.6 Å². The maximum atomic E-state index is 12.8. The molecule has 0 aliphatic rings. The van der Waals surface area contributed by atoms with Gasteiger partial charge in [0.25, 0.3) is 0 Å². The number of nitrogens with zero attached hydrogens (tertiary/aromatic N) is 1. The van der Waals surface area contributed by atoms with Crippen molar-refractivity contribution in [3.05, 3.63) is 34.1 Å². The Hall–Kier alpha value is -1.11. The van der Waals surface area contributed by atoms with Crippen LogP contribution in [0.5, 0.6) is 0 Å². The minimum Gasteiger partial charge on any atom is -0.326 e. The molecule has 2 nitrogen and oxygen atoms in total. The molecule has 2 N–H and O–H groups in total. The fourth-order valence-corrected chi connectivity index (χ4v) is 1.05. The highest BCUT2D eigenvalue weighted by molar-refractivity contribution is 6.30. The van der Waals surface area contributed by atoms with E-state index in [1.165, 1.54) is 6.07 Å². The van der Waals surface area contributed by atoms with Gasteiger partial charge in [-0.25, -0.2) is 4.39 Å². The largest absolute Gasteiger partial charge is 0.326 e. The van der Waals surface area contributed by atoms with Crippen molar-refractivity contribution in [3.63, 3.8) is 0 Å². The highest BCUT2D eigenvalue weighted by Gasteiger charge is 2.06. The van der Waals surface area contributed by atoms with Crippen LogP contribution in [0.25, 0.3) is 0 Å². The summed E-state index contributed by atoms with van der Waals surface area (Å²) in [4.78, 5) is 0. The van der Waals surface area contributed by atoms with E-state index >= 15 is 0 Å². The Bertz CT molecular complexity index is 344. The van der Waals surface area contributed by atoms with Crippen LogP contribution in [0.1, 0.15) is 11.1 Å². The minimum absolute atomic E-state index is 0.00514. The predicted molar refractivity (Wildman–Crippen MR) is 44.0 cm³/mol. The summed E-state index contributed by atoms with van der Waals surface area (Å²) in [7, 11) is 0. The van der Waals surface area contributed by atoms with E-state index in [1.807, 2.05) is 6.07 Å². The Labute approximate surface area is 74.4 Å². The van der Waals surface area contributed by atoms with Crippen LogP contribution >= 0.6 is 11.6 Å². The molecule has 62 valence electrons. The lowest BCUT2D eigenvalue weighted by atomic mass is 10.1. The first-order valence-corrected chi connectivity index (χ1v) is 3.65. The first kappa shape index (κ1) is 8.98. The van der Waals surface area contributed by atoms with Gasteiger partial charge in [0.15, 0.2) is 0 Å². The molecule has 0 spiro atoms. The number of benzene rings is 1. The van der Waals surface area contributed by atoms with Gasteiger partial charge in [-0.1, -0.05) is 11.6 Å². The van der Waals surface area contributed by atoms with Crippen LogP contribution in [0.4, 0.5) is 4.39 Å². The molecule has 0 aliphatic heterocycles. The second kappa shape index (κ2) is 3.53. The molecule has 1 rings (SSSR count). The number of halogens is 2. The molecule has 1 aromatic rings. The van der Waals surface area contributed by atoms with Crippen molar-refractivity contribution in [3.8, 4) is 6.07 Å². The Balaban J connectivity index is 3.31. The zero-order chi connectivity index (χ0) is 9.14. The molecule has 0 aliphatic carbocycles. The van der Waals surface area contributed by atoms with Crippen molar-refractivity contribution in [1.29, 1.82) is 5.26 Å². The molecule has 0 unspecified atom stereocenters. The second-order valence-corrected chi connectivity index (χ2v) is 2.65. The molecular weight excluding hydrogens is 179 g/mol. The van der Waals surface area contributed by atoms with Gasteiger partial charge in [-0.05, 0) is 17.7 Å². The third kappa shape index (κ3) is 1.55. The van der Waals surface area contributed by atoms with Gasteiger partial charge in [-0.15, -0.1) is 0 Å². The van der Waals surface area contributed by atoms with Crippen molar-refractivity contribution in [1.82, 2.24) is 0 Å². The third-order valence-corrected chi connectivity index (χ3v) is 1.78. The number of rotatable bonds is 1. The molecule has 0 amide bonds. The summed E-state index contributed by atoms with van der Waals surface area (Å²) in [5.74, 6) is -0.592. The fraction of sp³-hybridized carbons (Fsp3) is 0.125. The number of nitrogens with two attached hydrogens (primary N) is 1. The molecule has 4 heteroatoms. The summed E-state index contributed by atoms with van der Waals surface area (Å²) in [5.41, 5.74) is 6.11. The fourth-order valence-electron chi connectivity index (χ4n) is 0.861. The van der Waals surface area contributed by atoms with E-state index in [-0.39, 0.29) is 17.1 Å². The average molecular weight is 185 g/mol. The molecule has 0 saturated carbocycles. The lowest BCUT2D eigenvalue weighted by Crippen LogP contribution is -2.00. The smallest absolute Gasteiger partial charge is 0.143 e. The second-order valence-electron chi connectivity index (χ2n) is 2.24. The average Bonchev–Trinajstić information content (AvgIpc) is 2.09. The van der Waals surface area contributed by atoms with Crippen molar-refractivity contribution in [2.24, 2.45) is 5.73 Å². The van der Waals surface area contributed by atoms with Gasteiger partial charge in [-0.3, -0.25) is 0 Å². The van der Waals surface area contributed by atoms with Gasteiger partial charge in [0.05, 0.1) is 16.7 Å². The van der Waals surface area contributed by atoms with Crippen molar-refractivity contribution >= 4 is 11.6 Å². The van der Waals surface area contributed by atoms with E-state index in [0.29, 0.717) is 5.56 Å². The maximum absolute atomic E-state index is 12.8. The molecule has 0 atom stereocenters. The van der Waals surface area contributed by atoms with E-state index in [2.05, 4.69) is 0 Å². The van der Waals surface area contributed by atoms with E-state index in [0.717, 1.165) is 6.07 Å². The van der Waals surface area contributed by atoms with Gasteiger partial charge in [0, 0.05) is 6.54 Å². The summed E-state index contributed by atoms with van der Waals surface area (Å²) in [5, 5.41) is 8.54. The highest BCUT2D eigenvalue weighted by Crippen LogP contribution is 2.19. The van der Waals surface area contributed by atoms with Crippen LogP contribution in [-0.2, 0) is 6.54 Å². The molecule has 0 radical (unpaired) electrons. The Kier molecular flexibility index (Phi) is 2.64. The zero-order valence-electron chi connectivity index (χ0n) is 6.14. The molecule has 0 aromatic heterocycles. The molecule has 0 bridgehead atoms. The molecular formula is C8H6ClFN2. The molecule has 12 heavy (non-hydrogen) atoms. The van der Waals surface area contributed by atoms with Crippen LogP contribution in [0, 0.1) is 17.1 Å². The maximum Gasteiger partial charge on any atom is 0.143 e. The molecule has 0 saturated heterocycles. The van der Waals surface area contributed by atoms with Crippen LogP contribution in [0.2, 0.25) is 5.02 Å². The summed E-state index contributed by atoms with van der Waals surface area (Å²) >= 11 is 5.48. The molecule has 0 heterocycles. The first-order valence-electron chi connectivity index (χ1n) is 3.27. The van der Waals surface area contributed by atoms with Crippen molar-refractivity contribution in [2.45, 2.75) is 6.54 Å².